The van der Waals surface area contributed by atoms with Gasteiger partial charge in [-0.15, -0.1) is 0 Å². The average Bonchev–Trinajstić information content (AvgIpc) is 2.66. The van der Waals surface area contributed by atoms with Crippen LogP contribution in [0.25, 0.3) is 0 Å². The Labute approximate surface area is 60.3 Å². The Morgan fingerprint density at radius 1 is 1.40 bits per heavy atom. The summed E-state index contributed by atoms with van der Waals surface area (Å²) in [7, 11) is 1.67. The van der Waals surface area contributed by atoms with Gasteiger partial charge in [0, 0.05) is 13.5 Å². The van der Waals surface area contributed by atoms with Crippen molar-refractivity contribution in [2.75, 3.05) is 7.11 Å². The van der Waals surface area contributed by atoms with E-state index in [0.717, 1.165) is 6.42 Å². The number of ether oxygens (including phenoxy) is 3. The number of rotatable bonds is 1. The van der Waals surface area contributed by atoms with Crippen LogP contribution in [0.1, 0.15) is 13.3 Å². The Morgan fingerprint density at radius 2 is 2.20 bits per heavy atom. The highest BCUT2D eigenvalue weighted by atomic mass is 16.7. The second-order valence-corrected chi connectivity index (χ2v) is 2.88. The zero-order chi connectivity index (χ0) is 7.14. The molecule has 2 fully saturated rings. The molecule has 3 heteroatoms. The SMILES string of the molecule is COC1CC2OC2C(C)O1. The monoisotopic (exact) mass is 144 g/mol. The van der Waals surface area contributed by atoms with Gasteiger partial charge in [-0.25, -0.2) is 0 Å². The largest absolute Gasteiger partial charge is 0.367 e. The fraction of sp³-hybridized carbons (Fsp3) is 1.00. The number of hydrogen-bond donors (Lipinski definition) is 0. The van der Waals surface area contributed by atoms with E-state index in [4.69, 9.17) is 14.2 Å². The van der Waals surface area contributed by atoms with Gasteiger partial charge in [-0.1, -0.05) is 0 Å². The molecule has 0 spiro atoms. The van der Waals surface area contributed by atoms with E-state index in [1.807, 2.05) is 6.92 Å². The molecule has 3 nitrogen and oxygen atoms in total. The fourth-order valence-corrected chi connectivity index (χ4v) is 1.47. The first kappa shape index (κ1) is 6.58. The third-order valence-corrected chi connectivity index (χ3v) is 2.14. The van der Waals surface area contributed by atoms with Crippen molar-refractivity contribution < 1.29 is 14.2 Å². The molecule has 2 saturated heterocycles. The molecular weight excluding hydrogens is 132 g/mol. The highest BCUT2D eigenvalue weighted by molar-refractivity contribution is 4.93. The van der Waals surface area contributed by atoms with Crippen LogP contribution in [0.2, 0.25) is 0 Å². The molecule has 0 aromatic carbocycles. The van der Waals surface area contributed by atoms with Crippen LogP contribution >= 0.6 is 0 Å². The summed E-state index contributed by atoms with van der Waals surface area (Å²) in [5, 5.41) is 0. The second-order valence-electron chi connectivity index (χ2n) is 2.88. The number of hydrogen-bond acceptors (Lipinski definition) is 3. The third-order valence-electron chi connectivity index (χ3n) is 2.14. The van der Waals surface area contributed by atoms with Gasteiger partial charge < -0.3 is 14.2 Å². The molecular formula is C7H12O3. The maximum atomic E-state index is 5.44. The summed E-state index contributed by atoms with van der Waals surface area (Å²) in [4.78, 5) is 0. The lowest BCUT2D eigenvalue weighted by atomic mass is 10.1. The van der Waals surface area contributed by atoms with Gasteiger partial charge in [0.1, 0.15) is 6.10 Å². The Morgan fingerprint density at radius 3 is 2.80 bits per heavy atom. The van der Waals surface area contributed by atoms with Crippen molar-refractivity contribution >= 4 is 0 Å². The first-order chi connectivity index (χ1) is 4.81. The van der Waals surface area contributed by atoms with Gasteiger partial charge in [-0.2, -0.15) is 0 Å². The summed E-state index contributed by atoms with van der Waals surface area (Å²) in [5.74, 6) is 0. The van der Waals surface area contributed by atoms with Gasteiger partial charge in [0.15, 0.2) is 6.29 Å². The maximum Gasteiger partial charge on any atom is 0.160 e. The van der Waals surface area contributed by atoms with Crippen molar-refractivity contribution in [2.24, 2.45) is 0 Å². The quantitative estimate of drug-likeness (QED) is 0.503. The van der Waals surface area contributed by atoms with E-state index in [-0.39, 0.29) is 12.4 Å². The minimum atomic E-state index is -0.0428. The normalized spacial score (nSPS) is 52.2. The zero-order valence-corrected chi connectivity index (χ0v) is 6.24. The van der Waals surface area contributed by atoms with Crippen LogP contribution in [-0.2, 0) is 14.2 Å². The zero-order valence-electron chi connectivity index (χ0n) is 6.24. The number of fused-ring (bicyclic) bond motifs is 1. The van der Waals surface area contributed by atoms with E-state index < -0.39 is 0 Å². The lowest BCUT2D eigenvalue weighted by Gasteiger charge is -2.22. The molecule has 0 amide bonds. The van der Waals surface area contributed by atoms with Crippen LogP contribution in [0.3, 0.4) is 0 Å². The van der Waals surface area contributed by atoms with Crippen LogP contribution in [0, 0.1) is 0 Å². The molecule has 2 heterocycles. The fourth-order valence-electron chi connectivity index (χ4n) is 1.47. The number of methoxy groups -OCH3 is 1. The first-order valence-electron chi connectivity index (χ1n) is 3.65. The van der Waals surface area contributed by atoms with E-state index in [2.05, 4.69) is 0 Å². The highest BCUT2D eigenvalue weighted by Gasteiger charge is 2.49. The summed E-state index contributed by atoms with van der Waals surface area (Å²) in [6.45, 7) is 2.02. The molecule has 4 unspecified atom stereocenters. The van der Waals surface area contributed by atoms with E-state index >= 15 is 0 Å². The van der Waals surface area contributed by atoms with Crippen LogP contribution in [0.15, 0.2) is 0 Å². The Kier molecular flexibility index (Phi) is 1.44. The molecule has 0 aromatic rings. The molecule has 0 radical (unpaired) electrons. The molecule has 0 aromatic heterocycles. The Hall–Kier alpha value is -0.120. The van der Waals surface area contributed by atoms with Gasteiger partial charge in [0.2, 0.25) is 0 Å². The molecule has 0 bridgehead atoms. The third kappa shape index (κ3) is 0.944. The summed E-state index contributed by atoms with van der Waals surface area (Å²) in [5.41, 5.74) is 0. The summed E-state index contributed by atoms with van der Waals surface area (Å²) in [6, 6.07) is 0. The van der Waals surface area contributed by atoms with E-state index in [1.165, 1.54) is 0 Å². The van der Waals surface area contributed by atoms with Gasteiger partial charge >= 0.3 is 0 Å². The molecule has 58 valence electrons. The van der Waals surface area contributed by atoms with Crippen molar-refractivity contribution in [1.29, 1.82) is 0 Å². The van der Waals surface area contributed by atoms with E-state index in [9.17, 15) is 0 Å². The summed E-state index contributed by atoms with van der Waals surface area (Å²) >= 11 is 0. The molecule has 0 saturated carbocycles. The lowest BCUT2D eigenvalue weighted by Crippen LogP contribution is -2.32. The second kappa shape index (κ2) is 2.19. The van der Waals surface area contributed by atoms with Gasteiger partial charge in [0.05, 0.1) is 12.2 Å². The van der Waals surface area contributed by atoms with Crippen molar-refractivity contribution in [3.63, 3.8) is 0 Å². The standard InChI is InChI=1S/C7H12O3/c1-4-7-5(10-7)3-6(8-2)9-4/h4-7H,3H2,1-2H3. The molecule has 2 aliphatic heterocycles. The van der Waals surface area contributed by atoms with Crippen LogP contribution in [0.5, 0.6) is 0 Å². The predicted octanol–water partition coefficient (Wildman–Crippen LogP) is 0.535. The van der Waals surface area contributed by atoms with Crippen LogP contribution in [0.4, 0.5) is 0 Å². The van der Waals surface area contributed by atoms with E-state index in [0.29, 0.717) is 12.2 Å². The summed E-state index contributed by atoms with van der Waals surface area (Å²) in [6.07, 6.45) is 1.83. The smallest absolute Gasteiger partial charge is 0.160 e. The molecule has 0 aliphatic carbocycles. The van der Waals surface area contributed by atoms with Gasteiger partial charge in [0.25, 0.3) is 0 Å². The van der Waals surface area contributed by atoms with Crippen LogP contribution in [-0.4, -0.2) is 31.7 Å². The van der Waals surface area contributed by atoms with Gasteiger partial charge in [-0.3, -0.25) is 0 Å². The Balaban J connectivity index is 1.93. The minimum absolute atomic E-state index is 0.0428. The average molecular weight is 144 g/mol. The van der Waals surface area contributed by atoms with Crippen molar-refractivity contribution in [3.8, 4) is 0 Å². The maximum absolute atomic E-state index is 5.44. The molecule has 4 atom stereocenters. The highest BCUT2D eigenvalue weighted by Crippen LogP contribution is 2.36. The van der Waals surface area contributed by atoms with Gasteiger partial charge in [-0.05, 0) is 6.92 Å². The number of epoxide rings is 1. The van der Waals surface area contributed by atoms with Crippen LogP contribution < -0.4 is 0 Å². The summed E-state index contributed by atoms with van der Waals surface area (Å²) < 4.78 is 15.8. The molecule has 0 N–H and O–H groups in total. The van der Waals surface area contributed by atoms with Crippen molar-refractivity contribution in [1.82, 2.24) is 0 Å². The van der Waals surface area contributed by atoms with E-state index in [1.54, 1.807) is 7.11 Å². The van der Waals surface area contributed by atoms with Crippen molar-refractivity contribution in [2.45, 2.75) is 37.9 Å². The Bertz CT molecular complexity index is 137. The minimum Gasteiger partial charge on any atom is -0.367 e. The lowest BCUT2D eigenvalue weighted by molar-refractivity contribution is -0.165. The molecule has 2 rings (SSSR count). The topological polar surface area (TPSA) is 31.0 Å². The predicted molar refractivity (Wildman–Crippen MR) is 34.6 cm³/mol. The molecule has 2 aliphatic rings. The molecule has 10 heavy (non-hydrogen) atoms. The van der Waals surface area contributed by atoms with Crippen molar-refractivity contribution in [3.05, 3.63) is 0 Å². The first-order valence-corrected chi connectivity index (χ1v) is 3.65.